The molecule has 5 heteroatoms. The van der Waals surface area contributed by atoms with Gasteiger partial charge in [-0.2, -0.15) is 0 Å². The Bertz CT molecular complexity index is 682. The Morgan fingerprint density at radius 2 is 1.83 bits per heavy atom. The summed E-state index contributed by atoms with van der Waals surface area (Å²) >= 11 is 0. The van der Waals surface area contributed by atoms with Crippen LogP contribution in [0.1, 0.15) is 30.1 Å². The Labute approximate surface area is 142 Å². The Morgan fingerprint density at radius 1 is 1.12 bits per heavy atom. The van der Waals surface area contributed by atoms with E-state index in [2.05, 4.69) is 5.32 Å². The number of nitrogens with one attached hydrogen (secondary N) is 1. The fourth-order valence-corrected chi connectivity index (χ4v) is 2.38. The second-order valence-corrected chi connectivity index (χ2v) is 5.58. The molecule has 0 saturated heterocycles. The van der Waals surface area contributed by atoms with Gasteiger partial charge in [0.05, 0.1) is 20.3 Å². The Hall–Kier alpha value is -2.53. The molecule has 5 nitrogen and oxygen atoms in total. The molecular formula is C19H23NO4. The molecule has 2 aromatic rings. The number of hydrogen-bond acceptors (Lipinski definition) is 4. The first-order valence-electron chi connectivity index (χ1n) is 7.80. The third-order valence-electron chi connectivity index (χ3n) is 3.78. The predicted octanol–water partition coefficient (Wildman–Crippen LogP) is 3.46. The van der Waals surface area contributed by atoms with E-state index in [4.69, 9.17) is 9.47 Å². The van der Waals surface area contributed by atoms with Crippen LogP contribution in [0.3, 0.4) is 0 Å². The van der Waals surface area contributed by atoms with Crippen molar-refractivity contribution >= 4 is 11.6 Å². The second kappa shape index (κ2) is 8.36. The number of ether oxygens (including phenoxy) is 2. The normalized spacial score (nSPS) is 11.7. The van der Waals surface area contributed by atoms with E-state index in [-0.39, 0.29) is 12.3 Å². The third-order valence-corrected chi connectivity index (χ3v) is 3.78. The summed E-state index contributed by atoms with van der Waals surface area (Å²) in [7, 11) is 3.11. The fraction of sp³-hybridized carbons (Fsp3) is 0.316. The minimum Gasteiger partial charge on any atom is -0.497 e. The topological polar surface area (TPSA) is 67.8 Å². The van der Waals surface area contributed by atoms with Crippen molar-refractivity contribution in [2.45, 2.75) is 25.9 Å². The first-order valence-corrected chi connectivity index (χ1v) is 7.80. The molecule has 0 radical (unpaired) electrons. The average Bonchev–Trinajstić information content (AvgIpc) is 2.61. The molecule has 0 aliphatic carbocycles. The number of aryl methyl sites for hydroxylation is 1. The van der Waals surface area contributed by atoms with Crippen LogP contribution in [0.2, 0.25) is 0 Å². The number of hydrogen-bond donors (Lipinski definition) is 2. The second-order valence-electron chi connectivity index (χ2n) is 5.58. The number of amides is 1. The predicted molar refractivity (Wildman–Crippen MR) is 93.5 cm³/mol. The van der Waals surface area contributed by atoms with Crippen molar-refractivity contribution < 1.29 is 19.4 Å². The smallest absolute Gasteiger partial charge is 0.224 e. The van der Waals surface area contributed by atoms with E-state index in [1.54, 1.807) is 25.3 Å². The van der Waals surface area contributed by atoms with Gasteiger partial charge in [-0.05, 0) is 37.6 Å². The number of benzene rings is 2. The maximum atomic E-state index is 12.0. The van der Waals surface area contributed by atoms with Gasteiger partial charge in [0.2, 0.25) is 5.91 Å². The molecule has 2 N–H and O–H groups in total. The van der Waals surface area contributed by atoms with Crippen LogP contribution < -0.4 is 14.8 Å². The zero-order valence-corrected chi connectivity index (χ0v) is 14.2. The SMILES string of the molecule is COc1ccc(C(O)CCC(=O)Nc2ccc(C)cc2)c(OC)c1. The van der Waals surface area contributed by atoms with Crippen molar-refractivity contribution in [1.29, 1.82) is 0 Å². The van der Waals surface area contributed by atoms with Crippen LogP contribution in [0.5, 0.6) is 11.5 Å². The molecule has 24 heavy (non-hydrogen) atoms. The Morgan fingerprint density at radius 3 is 2.46 bits per heavy atom. The average molecular weight is 329 g/mol. The van der Waals surface area contributed by atoms with Gasteiger partial charge in [-0.3, -0.25) is 4.79 Å². The van der Waals surface area contributed by atoms with Crippen molar-refractivity contribution in [3.63, 3.8) is 0 Å². The van der Waals surface area contributed by atoms with Gasteiger partial charge in [-0.1, -0.05) is 17.7 Å². The van der Waals surface area contributed by atoms with E-state index in [0.717, 1.165) is 11.3 Å². The molecule has 0 aromatic heterocycles. The molecule has 0 spiro atoms. The number of carbonyl (C=O) groups excluding carboxylic acids is 1. The highest BCUT2D eigenvalue weighted by molar-refractivity contribution is 5.90. The number of rotatable bonds is 7. The molecule has 2 rings (SSSR count). The largest absolute Gasteiger partial charge is 0.497 e. The Kier molecular flexibility index (Phi) is 6.21. The van der Waals surface area contributed by atoms with Gasteiger partial charge in [0.15, 0.2) is 0 Å². The maximum absolute atomic E-state index is 12.0. The van der Waals surface area contributed by atoms with E-state index in [9.17, 15) is 9.90 Å². The highest BCUT2D eigenvalue weighted by atomic mass is 16.5. The molecule has 0 fully saturated rings. The van der Waals surface area contributed by atoms with Crippen molar-refractivity contribution in [2.24, 2.45) is 0 Å². The van der Waals surface area contributed by atoms with Crippen LogP contribution in [0.25, 0.3) is 0 Å². The summed E-state index contributed by atoms with van der Waals surface area (Å²) in [6, 6.07) is 12.8. The molecule has 0 heterocycles. The van der Waals surface area contributed by atoms with Gasteiger partial charge in [-0.15, -0.1) is 0 Å². The van der Waals surface area contributed by atoms with Crippen molar-refractivity contribution in [1.82, 2.24) is 0 Å². The number of aliphatic hydroxyl groups excluding tert-OH is 1. The molecular weight excluding hydrogens is 306 g/mol. The number of aliphatic hydroxyl groups is 1. The number of anilines is 1. The minimum atomic E-state index is -0.783. The van der Waals surface area contributed by atoms with E-state index >= 15 is 0 Å². The summed E-state index contributed by atoms with van der Waals surface area (Å²) in [5.41, 5.74) is 2.53. The van der Waals surface area contributed by atoms with Crippen LogP contribution in [-0.2, 0) is 4.79 Å². The lowest BCUT2D eigenvalue weighted by Crippen LogP contribution is -2.13. The van der Waals surface area contributed by atoms with Crippen LogP contribution in [-0.4, -0.2) is 25.2 Å². The molecule has 0 bridgehead atoms. The molecule has 128 valence electrons. The highest BCUT2D eigenvalue weighted by Crippen LogP contribution is 2.31. The monoisotopic (exact) mass is 329 g/mol. The van der Waals surface area contributed by atoms with Crippen LogP contribution >= 0.6 is 0 Å². The molecule has 0 aliphatic rings. The Balaban J connectivity index is 1.93. The molecule has 1 amide bonds. The van der Waals surface area contributed by atoms with Gasteiger partial charge in [-0.25, -0.2) is 0 Å². The summed E-state index contributed by atoms with van der Waals surface area (Å²) in [5.74, 6) is 1.06. The molecule has 1 atom stereocenters. The molecule has 0 saturated carbocycles. The zero-order valence-electron chi connectivity index (χ0n) is 14.2. The maximum Gasteiger partial charge on any atom is 0.224 e. The summed E-state index contributed by atoms with van der Waals surface area (Å²) in [6.45, 7) is 1.99. The first kappa shape index (κ1) is 17.8. The minimum absolute atomic E-state index is 0.134. The lowest BCUT2D eigenvalue weighted by Gasteiger charge is -2.15. The van der Waals surface area contributed by atoms with Crippen molar-refractivity contribution in [2.75, 3.05) is 19.5 Å². The molecule has 0 aliphatic heterocycles. The summed E-state index contributed by atoms with van der Waals surface area (Å²) in [4.78, 5) is 12.0. The first-order chi connectivity index (χ1) is 11.5. The van der Waals surface area contributed by atoms with E-state index in [0.29, 0.717) is 23.5 Å². The number of methoxy groups -OCH3 is 2. The van der Waals surface area contributed by atoms with Crippen LogP contribution in [0.4, 0.5) is 5.69 Å². The van der Waals surface area contributed by atoms with Gasteiger partial charge in [0.25, 0.3) is 0 Å². The van der Waals surface area contributed by atoms with E-state index in [1.807, 2.05) is 31.2 Å². The molecule has 2 aromatic carbocycles. The van der Waals surface area contributed by atoms with Crippen LogP contribution in [0.15, 0.2) is 42.5 Å². The zero-order chi connectivity index (χ0) is 17.5. The fourth-order valence-electron chi connectivity index (χ4n) is 2.38. The van der Waals surface area contributed by atoms with Gasteiger partial charge in [0.1, 0.15) is 11.5 Å². The third kappa shape index (κ3) is 4.73. The van der Waals surface area contributed by atoms with E-state index < -0.39 is 6.10 Å². The standard InChI is InChI=1S/C19H23NO4/c1-13-4-6-14(7-5-13)20-19(22)11-10-17(21)16-9-8-15(23-2)12-18(16)24-3/h4-9,12,17,21H,10-11H2,1-3H3,(H,20,22). The lowest BCUT2D eigenvalue weighted by atomic mass is 10.0. The summed E-state index contributed by atoms with van der Waals surface area (Å²) in [6.07, 6.45) is -0.264. The van der Waals surface area contributed by atoms with Gasteiger partial charge < -0.3 is 19.9 Å². The van der Waals surface area contributed by atoms with E-state index in [1.165, 1.54) is 7.11 Å². The van der Waals surface area contributed by atoms with Crippen molar-refractivity contribution in [3.05, 3.63) is 53.6 Å². The quantitative estimate of drug-likeness (QED) is 0.816. The van der Waals surface area contributed by atoms with Gasteiger partial charge >= 0.3 is 0 Å². The molecule has 1 unspecified atom stereocenters. The number of carbonyl (C=O) groups is 1. The van der Waals surface area contributed by atoms with Crippen LogP contribution in [0, 0.1) is 6.92 Å². The summed E-state index contributed by atoms with van der Waals surface area (Å²) in [5, 5.41) is 13.2. The highest BCUT2D eigenvalue weighted by Gasteiger charge is 2.16. The summed E-state index contributed by atoms with van der Waals surface area (Å²) < 4.78 is 10.4. The van der Waals surface area contributed by atoms with Gasteiger partial charge in [0, 0.05) is 23.7 Å². The van der Waals surface area contributed by atoms with Crippen molar-refractivity contribution in [3.8, 4) is 11.5 Å². The lowest BCUT2D eigenvalue weighted by molar-refractivity contribution is -0.116.